The van der Waals surface area contributed by atoms with Gasteiger partial charge in [0.1, 0.15) is 29.4 Å². The summed E-state index contributed by atoms with van der Waals surface area (Å²) in [5.74, 6) is -0.169. The van der Waals surface area contributed by atoms with E-state index in [1.807, 2.05) is 0 Å². The van der Waals surface area contributed by atoms with E-state index in [1.54, 1.807) is 6.92 Å². The molecule has 0 radical (unpaired) electrons. The molecule has 0 bridgehead atoms. The number of halogens is 3. The topological polar surface area (TPSA) is 129 Å². The Morgan fingerprint density at radius 3 is 2.54 bits per heavy atom. The molecule has 2 amide bonds. The van der Waals surface area contributed by atoms with Crippen LogP contribution in [0.25, 0.3) is 22.3 Å². The molecule has 2 fully saturated rings. The van der Waals surface area contributed by atoms with E-state index in [4.69, 9.17) is 4.74 Å². The van der Waals surface area contributed by atoms with Crippen molar-refractivity contribution in [2.75, 3.05) is 6.61 Å². The number of aryl methyl sites for hydroxylation is 1. The summed E-state index contributed by atoms with van der Waals surface area (Å²) in [4.78, 5) is 36.8. The lowest BCUT2D eigenvalue weighted by Crippen LogP contribution is -2.40. The molecule has 5 rings (SSSR count). The van der Waals surface area contributed by atoms with Crippen LogP contribution in [-0.4, -0.2) is 56.7 Å². The van der Waals surface area contributed by atoms with E-state index in [9.17, 15) is 27.9 Å². The number of carbonyl (C=O) groups is 2. The number of rotatable bonds is 8. The molecule has 0 saturated heterocycles. The van der Waals surface area contributed by atoms with Crippen molar-refractivity contribution in [1.82, 2.24) is 25.6 Å². The molecule has 208 valence electrons. The summed E-state index contributed by atoms with van der Waals surface area (Å²) < 4.78 is 46.7. The molecule has 0 spiro atoms. The molecule has 0 aliphatic heterocycles. The van der Waals surface area contributed by atoms with Gasteiger partial charge in [-0.2, -0.15) is 13.2 Å². The van der Waals surface area contributed by atoms with E-state index >= 15 is 0 Å². The summed E-state index contributed by atoms with van der Waals surface area (Å²) in [7, 11) is 0. The van der Waals surface area contributed by atoms with Crippen LogP contribution < -0.4 is 15.4 Å². The molecule has 3 atom stereocenters. The molecule has 3 aromatic rings. The van der Waals surface area contributed by atoms with Crippen LogP contribution in [0.3, 0.4) is 0 Å². The number of aromatic amines is 1. The van der Waals surface area contributed by atoms with E-state index in [1.165, 1.54) is 19.3 Å². The predicted octanol–water partition coefficient (Wildman–Crippen LogP) is 3.89. The third-order valence-corrected chi connectivity index (χ3v) is 7.23. The smallest absolute Gasteiger partial charge is 0.416 e. The number of nitrogens with one attached hydrogen (secondary N) is 3. The van der Waals surface area contributed by atoms with Crippen molar-refractivity contribution < 1.29 is 32.6 Å². The summed E-state index contributed by atoms with van der Waals surface area (Å²) in [5.41, 5.74) is 0.940. The third kappa shape index (κ3) is 5.85. The van der Waals surface area contributed by atoms with Crippen molar-refractivity contribution in [2.24, 2.45) is 5.92 Å². The van der Waals surface area contributed by atoms with Gasteiger partial charge < -0.3 is 25.5 Å². The van der Waals surface area contributed by atoms with Crippen molar-refractivity contribution in [3.05, 3.63) is 41.3 Å². The maximum atomic E-state index is 13.6. The van der Waals surface area contributed by atoms with Gasteiger partial charge in [0, 0.05) is 23.3 Å². The second kappa shape index (κ2) is 10.5. The van der Waals surface area contributed by atoms with Crippen LogP contribution in [0, 0.1) is 12.8 Å². The Morgan fingerprint density at radius 2 is 1.87 bits per heavy atom. The van der Waals surface area contributed by atoms with E-state index in [0.717, 1.165) is 25.0 Å². The number of aromatic nitrogens is 3. The molecule has 2 aliphatic carbocycles. The van der Waals surface area contributed by atoms with Crippen LogP contribution in [0.2, 0.25) is 0 Å². The molecular weight excluding hydrogens is 515 g/mol. The standard InChI is InChI=1S/C27H30F3N5O4/c1-13-21(26(38)35-18-7-6-17(10-18)34-25(37)14(2)36)23-24(33-13)22(31-12-32-23)19-9-16(27(28,29)30)5-8-20(19)39-11-15-3-4-15/h5,8-9,12,14-15,17-18,33,36H,3-4,6-7,10-11H2,1-2H3,(H,34,37)(H,35,38)/t14-,17+,18-/m0/s1. The molecule has 2 aliphatic rings. The number of hydrogen-bond acceptors (Lipinski definition) is 6. The zero-order chi connectivity index (χ0) is 27.9. The van der Waals surface area contributed by atoms with Crippen LogP contribution in [0.15, 0.2) is 24.5 Å². The van der Waals surface area contributed by atoms with Gasteiger partial charge in [0.15, 0.2) is 0 Å². The monoisotopic (exact) mass is 545 g/mol. The lowest BCUT2D eigenvalue weighted by atomic mass is 10.0. The Kier molecular flexibility index (Phi) is 7.23. The first kappa shape index (κ1) is 26.9. The van der Waals surface area contributed by atoms with Crippen LogP contribution >= 0.6 is 0 Å². The Labute approximate surface area is 222 Å². The SMILES string of the molecule is Cc1[nH]c2c(-c3cc(C(F)(F)F)ccc3OCC3CC3)ncnc2c1C(=O)N[C@H]1CC[C@@H](NC(=O)[C@H](C)O)C1. The van der Waals surface area contributed by atoms with E-state index in [-0.39, 0.29) is 46.1 Å². The molecule has 2 aromatic heterocycles. The Balaban J connectivity index is 1.43. The van der Waals surface area contributed by atoms with Crippen LogP contribution in [-0.2, 0) is 11.0 Å². The number of alkyl halides is 3. The highest BCUT2D eigenvalue weighted by Crippen LogP contribution is 2.40. The Morgan fingerprint density at radius 1 is 1.15 bits per heavy atom. The van der Waals surface area contributed by atoms with Crippen molar-refractivity contribution in [2.45, 2.75) is 70.3 Å². The first-order chi connectivity index (χ1) is 18.5. The molecule has 4 N–H and O–H groups in total. The minimum absolute atomic E-state index is 0.162. The van der Waals surface area contributed by atoms with Crippen molar-refractivity contribution in [3.8, 4) is 17.0 Å². The van der Waals surface area contributed by atoms with Gasteiger partial charge in [-0.1, -0.05) is 0 Å². The third-order valence-electron chi connectivity index (χ3n) is 7.23. The van der Waals surface area contributed by atoms with Gasteiger partial charge in [0.2, 0.25) is 5.91 Å². The first-order valence-electron chi connectivity index (χ1n) is 13.0. The highest BCUT2D eigenvalue weighted by molar-refractivity contribution is 6.09. The number of aliphatic hydroxyl groups is 1. The van der Waals surface area contributed by atoms with E-state index in [0.29, 0.717) is 43.0 Å². The highest BCUT2D eigenvalue weighted by Gasteiger charge is 2.33. The van der Waals surface area contributed by atoms with Crippen molar-refractivity contribution in [3.63, 3.8) is 0 Å². The highest BCUT2D eigenvalue weighted by atomic mass is 19.4. The first-order valence-corrected chi connectivity index (χ1v) is 13.0. The minimum Gasteiger partial charge on any atom is -0.493 e. The second-order valence-corrected chi connectivity index (χ2v) is 10.4. The van der Waals surface area contributed by atoms with Crippen LogP contribution in [0.5, 0.6) is 5.75 Å². The molecule has 1 aromatic carbocycles. The number of carbonyl (C=O) groups excluding carboxylic acids is 2. The average molecular weight is 546 g/mol. The normalized spacial score (nSPS) is 20.2. The molecule has 39 heavy (non-hydrogen) atoms. The van der Waals surface area contributed by atoms with Crippen LogP contribution in [0.4, 0.5) is 13.2 Å². The van der Waals surface area contributed by atoms with Crippen molar-refractivity contribution in [1.29, 1.82) is 0 Å². The zero-order valence-corrected chi connectivity index (χ0v) is 21.6. The number of fused-ring (bicyclic) bond motifs is 1. The summed E-state index contributed by atoms with van der Waals surface area (Å²) in [6.07, 6.45) is -0.584. The number of amides is 2. The number of benzene rings is 1. The number of ether oxygens (including phenoxy) is 1. The summed E-state index contributed by atoms with van der Waals surface area (Å²) in [5, 5.41) is 15.2. The molecule has 2 saturated carbocycles. The van der Waals surface area contributed by atoms with Gasteiger partial charge in [-0.05, 0) is 70.1 Å². The summed E-state index contributed by atoms with van der Waals surface area (Å²) >= 11 is 0. The van der Waals surface area contributed by atoms with Gasteiger partial charge in [-0.25, -0.2) is 9.97 Å². The van der Waals surface area contributed by atoms with Gasteiger partial charge in [-0.15, -0.1) is 0 Å². The van der Waals surface area contributed by atoms with Crippen molar-refractivity contribution >= 4 is 22.8 Å². The zero-order valence-electron chi connectivity index (χ0n) is 21.6. The molecular formula is C27H30F3N5O4. The second-order valence-electron chi connectivity index (χ2n) is 10.4. The number of aliphatic hydroxyl groups excluding tert-OH is 1. The largest absolute Gasteiger partial charge is 0.493 e. The van der Waals surface area contributed by atoms with Crippen LogP contribution in [0.1, 0.15) is 60.6 Å². The predicted molar refractivity (Wildman–Crippen MR) is 136 cm³/mol. The molecule has 0 unspecified atom stereocenters. The number of nitrogens with zero attached hydrogens (tertiary/aromatic N) is 2. The maximum absolute atomic E-state index is 13.6. The van der Waals surface area contributed by atoms with Gasteiger partial charge in [0.25, 0.3) is 5.91 Å². The molecule has 12 heteroatoms. The van der Waals surface area contributed by atoms with Gasteiger partial charge in [0.05, 0.1) is 23.3 Å². The lowest BCUT2D eigenvalue weighted by molar-refractivity contribution is -0.137. The Hall–Kier alpha value is -3.67. The lowest BCUT2D eigenvalue weighted by Gasteiger charge is -2.16. The fourth-order valence-electron chi connectivity index (χ4n) is 4.94. The molecule has 9 nitrogen and oxygen atoms in total. The average Bonchev–Trinajstić information content (AvgIpc) is 3.50. The van der Waals surface area contributed by atoms with Gasteiger partial charge in [-0.3, -0.25) is 9.59 Å². The minimum atomic E-state index is -4.56. The summed E-state index contributed by atoms with van der Waals surface area (Å²) in [6.45, 7) is 3.49. The Bertz CT molecular complexity index is 1400. The quantitative estimate of drug-likeness (QED) is 0.340. The van der Waals surface area contributed by atoms with E-state index in [2.05, 4.69) is 25.6 Å². The maximum Gasteiger partial charge on any atom is 0.416 e. The fraction of sp³-hybridized carbons (Fsp3) is 0.481. The summed E-state index contributed by atoms with van der Waals surface area (Å²) in [6, 6.07) is 2.95. The van der Waals surface area contributed by atoms with Gasteiger partial charge >= 0.3 is 6.18 Å². The fourth-order valence-corrected chi connectivity index (χ4v) is 4.94. The number of hydrogen-bond donors (Lipinski definition) is 4. The number of H-pyrrole nitrogens is 1. The van der Waals surface area contributed by atoms with E-state index < -0.39 is 23.8 Å². The molecule has 2 heterocycles.